The van der Waals surface area contributed by atoms with Crippen LogP contribution < -0.4 is 5.32 Å². The molecule has 0 spiro atoms. The summed E-state index contributed by atoms with van der Waals surface area (Å²) in [5, 5.41) is 11.6. The third-order valence-corrected chi connectivity index (χ3v) is 3.18. The molecule has 1 N–H and O–H groups in total. The lowest BCUT2D eigenvalue weighted by Gasteiger charge is -2.26. The van der Waals surface area contributed by atoms with Gasteiger partial charge in [0.05, 0.1) is 5.69 Å². The van der Waals surface area contributed by atoms with Crippen LogP contribution in [0.3, 0.4) is 0 Å². The number of nitrogens with zero attached hydrogens (tertiary/aromatic N) is 3. The SMILES string of the molecule is CC(c1cn(C)nn1)C1CCNCC1. The molecular formula is C10H18N4. The van der Waals surface area contributed by atoms with E-state index in [-0.39, 0.29) is 0 Å². The molecule has 14 heavy (non-hydrogen) atoms. The molecule has 2 heterocycles. The Morgan fingerprint density at radius 2 is 2.21 bits per heavy atom. The van der Waals surface area contributed by atoms with Gasteiger partial charge >= 0.3 is 0 Å². The fourth-order valence-corrected chi connectivity index (χ4v) is 2.16. The average Bonchev–Trinajstić information content (AvgIpc) is 2.65. The standard InChI is InChI=1S/C10H18N4/c1-8(9-3-5-11-6-4-9)10-7-14(2)13-12-10/h7-9,11H,3-6H2,1-2H3. The average molecular weight is 194 g/mol. The van der Waals surface area contributed by atoms with Crippen LogP contribution in [0.4, 0.5) is 0 Å². The second-order valence-corrected chi connectivity index (χ2v) is 4.19. The van der Waals surface area contributed by atoms with Crippen molar-refractivity contribution in [3.05, 3.63) is 11.9 Å². The second kappa shape index (κ2) is 4.09. The van der Waals surface area contributed by atoms with E-state index in [1.807, 2.05) is 13.2 Å². The molecule has 1 aliphatic heterocycles. The van der Waals surface area contributed by atoms with Gasteiger partial charge in [0.1, 0.15) is 0 Å². The first-order chi connectivity index (χ1) is 6.77. The summed E-state index contributed by atoms with van der Waals surface area (Å²) in [5.74, 6) is 1.32. The van der Waals surface area contributed by atoms with Crippen molar-refractivity contribution >= 4 is 0 Å². The van der Waals surface area contributed by atoms with Crippen LogP contribution in [0.2, 0.25) is 0 Å². The summed E-state index contributed by atoms with van der Waals surface area (Å²) in [6.45, 7) is 4.56. The molecule has 2 rings (SSSR count). The minimum Gasteiger partial charge on any atom is -0.317 e. The first-order valence-corrected chi connectivity index (χ1v) is 5.34. The summed E-state index contributed by atoms with van der Waals surface area (Å²) < 4.78 is 1.78. The van der Waals surface area contributed by atoms with Gasteiger partial charge in [-0.05, 0) is 31.8 Å². The predicted octanol–water partition coefficient (Wildman–Crippen LogP) is 0.918. The number of aryl methyl sites for hydroxylation is 1. The van der Waals surface area contributed by atoms with Crippen LogP contribution in [0.25, 0.3) is 0 Å². The second-order valence-electron chi connectivity index (χ2n) is 4.19. The summed E-state index contributed by atoms with van der Waals surface area (Å²) in [6.07, 6.45) is 4.56. The Balaban J connectivity index is 2.03. The van der Waals surface area contributed by atoms with E-state index in [2.05, 4.69) is 22.6 Å². The zero-order valence-electron chi connectivity index (χ0n) is 8.90. The molecule has 1 aliphatic rings. The number of rotatable bonds is 2. The number of hydrogen-bond acceptors (Lipinski definition) is 3. The highest BCUT2D eigenvalue weighted by Crippen LogP contribution is 2.28. The highest BCUT2D eigenvalue weighted by molar-refractivity contribution is 5.02. The van der Waals surface area contributed by atoms with Crippen LogP contribution >= 0.6 is 0 Å². The Hall–Kier alpha value is -0.900. The Labute approximate surface area is 84.7 Å². The summed E-state index contributed by atoms with van der Waals surface area (Å²) in [5.41, 5.74) is 1.14. The monoisotopic (exact) mass is 194 g/mol. The van der Waals surface area contributed by atoms with Crippen LogP contribution in [0.5, 0.6) is 0 Å². The Kier molecular flexibility index (Phi) is 2.82. The maximum absolute atomic E-state index is 4.18. The number of hydrogen-bond donors (Lipinski definition) is 1. The van der Waals surface area contributed by atoms with Gasteiger partial charge in [-0.2, -0.15) is 0 Å². The van der Waals surface area contributed by atoms with E-state index in [1.165, 1.54) is 12.8 Å². The summed E-state index contributed by atoms with van der Waals surface area (Å²) in [6, 6.07) is 0. The van der Waals surface area contributed by atoms with Crippen molar-refractivity contribution < 1.29 is 0 Å². The maximum atomic E-state index is 4.18. The first-order valence-electron chi connectivity index (χ1n) is 5.34. The molecule has 1 unspecified atom stereocenters. The normalized spacial score (nSPS) is 21.0. The van der Waals surface area contributed by atoms with Crippen molar-refractivity contribution in [3.63, 3.8) is 0 Å². The third-order valence-electron chi connectivity index (χ3n) is 3.18. The molecule has 0 amide bonds. The highest BCUT2D eigenvalue weighted by atomic mass is 15.4. The fraction of sp³-hybridized carbons (Fsp3) is 0.800. The highest BCUT2D eigenvalue weighted by Gasteiger charge is 2.22. The molecule has 1 fully saturated rings. The van der Waals surface area contributed by atoms with E-state index < -0.39 is 0 Å². The van der Waals surface area contributed by atoms with Gasteiger partial charge in [-0.25, -0.2) is 0 Å². The number of aromatic nitrogens is 3. The van der Waals surface area contributed by atoms with Gasteiger partial charge in [-0.1, -0.05) is 12.1 Å². The van der Waals surface area contributed by atoms with E-state index >= 15 is 0 Å². The minimum absolute atomic E-state index is 0.547. The summed E-state index contributed by atoms with van der Waals surface area (Å²) >= 11 is 0. The van der Waals surface area contributed by atoms with Crippen LogP contribution in [-0.2, 0) is 7.05 Å². The van der Waals surface area contributed by atoms with Gasteiger partial charge in [-0.3, -0.25) is 4.68 Å². The third kappa shape index (κ3) is 1.95. The van der Waals surface area contributed by atoms with E-state index in [0.717, 1.165) is 24.7 Å². The molecular weight excluding hydrogens is 176 g/mol. The molecule has 0 saturated carbocycles. The van der Waals surface area contributed by atoms with Crippen LogP contribution in [-0.4, -0.2) is 28.1 Å². The maximum Gasteiger partial charge on any atom is 0.0857 e. The molecule has 0 bridgehead atoms. The smallest absolute Gasteiger partial charge is 0.0857 e. The topological polar surface area (TPSA) is 42.7 Å². The lowest BCUT2D eigenvalue weighted by atomic mass is 9.84. The molecule has 0 aromatic carbocycles. The largest absolute Gasteiger partial charge is 0.317 e. The van der Waals surface area contributed by atoms with Crippen molar-refractivity contribution in [1.82, 2.24) is 20.3 Å². The minimum atomic E-state index is 0.547. The van der Waals surface area contributed by atoms with E-state index in [9.17, 15) is 0 Å². The molecule has 1 atom stereocenters. The van der Waals surface area contributed by atoms with E-state index in [1.54, 1.807) is 4.68 Å². The van der Waals surface area contributed by atoms with Crippen molar-refractivity contribution in [2.75, 3.05) is 13.1 Å². The van der Waals surface area contributed by atoms with E-state index in [0.29, 0.717) is 5.92 Å². The van der Waals surface area contributed by atoms with Crippen LogP contribution in [0.1, 0.15) is 31.4 Å². The van der Waals surface area contributed by atoms with Gasteiger partial charge in [0, 0.05) is 19.2 Å². The molecule has 1 aromatic heterocycles. The van der Waals surface area contributed by atoms with Crippen molar-refractivity contribution in [3.8, 4) is 0 Å². The Morgan fingerprint density at radius 3 is 2.79 bits per heavy atom. The van der Waals surface area contributed by atoms with E-state index in [4.69, 9.17) is 0 Å². The van der Waals surface area contributed by atoms with Gasteiger partial charge in [0.25, 0.3) is 0 Å². The zero-order valence-corrected chi connectivity index (χ0v) is 8.90. The lowest BCUT2D eigenvalue weighted by molar-refractivity contribution is 0.326. The quantitative estimate of drug-likeness (QED) is 0.761. The number of nitrogens with one attached hydrogen (secondary N) is 1. The summed E-state index contributed by atoms with van der Waals surface area (Å²) in [4.78, 5) is 0. The molecule has 4 heteroatoms. The van der Waals surface area contributed by atoms with Crippen molar-refractivity contribution in [2.45, 2.75) is 25.7 Å². The Morgan fingerprint density at radius 1 is 1.50 bits per heavy atom. The molecule has 4 nitrogen and oxygen atoms in total. The first kappa shape index (κ1) is 9.65. The molecule has 0 aliphatic carbocycles. The Bertz CT molecular complexity index is 288. The van der Waals surface area contributed by atoms with Gasteiger partial charge in [-0.15, -0.1) is 5.10 Å². The van der Waals surface area contributed by atoms with Gasteiger partial charge in [0.15, 0.2) is 0 Å². The van der Waals surface area contributed by atoms with Gasteiger partial charge < -0.3 is 5.32 Å². The van der Waals surface area contributed by atoms with Crippen LogP contribution in [0, 0.1) is 5.92 Å². The summed E-state index contributed by atoms with van der Waals surface area (Å²) in [7, 11) is 1.92. The predicted molar refractivity (Wildman–Crippen MR) is 55.0 cm³/mol. The van der Waals surface area contributed by atoms with Gasteiger partial charge in [0.2, 0.25) is 0 Å². The lowest BCUT2D eigenvalue weighted by Crippen LogP contribution is -2.30. The molecule has 78 valence electrons. The molecule has 0 radical (unpaired) electrons. The van der Waals surface area contributed by atoms with Crippen LogP contribution in [0.15, 0.2) is 6.20 Å². The molecule has 1 saturated heterocycles. The van der Waals surface area contributed by atoms with Crippen molar-refractivity contribution in [1.29, 1.82) is 0 Å². The zero-order chi connectivity index (χ0) is 9.97. The molecule has 1 aromatic rings. The fourth-order valence-electron chi connectivity index (χ4n) is 2.16. The number of piperidine rings is 1. The van der Waals surface area contributed by atoms with Crippen molar-refractivity contribution in [2.24, 2.45) is 13.0 Å².